The highest BCUT2D eigenvalue weighted by molar-refractivity contribution is 6.07. The molecule has 144 valence electrons. The molecule has 1 aliphatic rings. The van der Waals surface area contributed by atoms with Crippen molar-refractivity contribution >= 4 is 22.5 Å². The summed E-state index contributed by atoms with van der Waals surface area (Å²) in [7, 11) is 3.19. The first-order valence-electron chi connectivity index (χ1n) is 9.20. The van der Waals surface area contributed by atoms with Crippen LogP contribution < -0.4 is 20.5 Å². The van der Waals surface area contributed by atoms with Gasteiger partial charge in [-0.1, -0.05) is 24.3 Å². The van der Waals surface area contributed by atoms with Crippen molar-refractivity contribution in [3.05, 3.63) is 42.1 Å². The molecule has 0 atom stereocenters. The molecule has 1 aromatic heterocycles. The Kier molecular flexibility index (Phi) is 4.73. The lowest BCUT2D eigenvalue weighted by atomic mass is 9.93. The maximum atomic E-state index is 12.5. The Morgan fingerprint density at radius 2 is 1.89 bits per heavy atom. The first kappa shape index (κ1) is 18.0. The smallest absolute Gasteiger partial charge is 0.274 e. The number of carbonyl (C=O) groups excluding carboxylic acids is 1. The van der Waals surface area contributed by atoms with Gasteiger partial charge in [0.2, 0.25) is 0 Å². The molecule has 1 heterocycles. The molecule has 4 rings (SSSR count). The highest BCUT2D eigenvalue weighted by Crippen LogP contribution is 2.36. The zero-order valence-electron chi connectivity index (χ0n) is 15.9. The number of carbonyl (C=O) groups is 1. The van der Waals surface area contributed by atoms with Crippen LogP contribution in [-0.4, -0.2) is 36.4 Å². The molecule has 3 aromatic rings. The summed E-state index contributed by atoms with van der Waals surface area (Å²) in [6.07, 6.45) is 3.13. The Morgan fingerprint density at radius 3 is 2.57 bits per heavy atom. The standard InChI is InChI=1S/C21H22N4O3/c1-27-16-10-9-12(11-17(16)28-2)14-7-4-8-15-18(22)20(25-24-19(14)15)21(26)23-13-5-3-6-13/h4,7-11,13H,3,5-6H2,1-2H3,(H2,22,24)(H,23,26). The summed E-state index contributed by atoms with van der Waals surface area (Å²) < 4.78 is 10.7. The number of fused-ring (bicyclic) bond motifs is 1. The van der Waals surface area contributed by atoms with Gasteiger partial charge in [-0.3, -0.25) is 4.79 Å². The molecule has 7 nitrogen and oxygen atoms in total. The van der Waals surface area contributed by atoms with Gasteiger partial charge in [-0.05, 0) is 37.0 Å². The van der Waals surface area contributed by atoms with Crippen molar-refractivity contribution in [2.24, 2.45) is 0 Å². The number of anilines is 1. The van der Waals surface area contributed by atoms with Crippen LogP contribution in [0.1, 0.15) is 29.8 Å². The number of hydrogen-bond acceptors (Lipinski definition) is 6. The third-order valence-corrected chi connectivity index (χ3v) is 5.18. The topological polar surface area (TPSA) is 99.4 Å². The second kappa shape index (κ2) is 7.34. The summed E-state index contributed by atoms with van der Waals surface area (Å²) in [5.41, 5.74) is 9.18. The summed E-state index contributed by atoms with van der Waals surface area (Å²) >= 11 is 0. The molecule has 1 aliphatic carbocycles. The number of aromatic nitrogens is 2. The molecule has 1 fully saturated rings. The lowest BCUT2D eigenvalue weighted by Crippen LogP contribution is -2.40. The van der Waals surface area contributed by atoms with Crippen LogP contribution in [0.4, 0.5) is 5.69 Å². The Bertz CT molecular complexity index is 1050. The summed E-state index contributed by atoms with van der Waals surface area (Å²) in [6, 6.07) is 11.5. The van der Waals surface area contributed by atoms with Crippen molar-refractivity contribution in [2.75, 3.05) is 20.0 Å². The molecule has 1 saturated carbocycles. The van der Waals surface area contributed by atoms with Crippen LogP contribution in [0.3, 0.4) is 0 Å². The number of methoxy groups -OCH3 is 2. The van der Waals surface area contributed by atoms with E-state index in [1.54, 1.807) is 14.2 Å². The van der Waals surface area contributed by atoms with Gasteiger partial charge in [0.25, 0.3) is 5.91 Å². The van der Waals surface area contributed by atoms with Crippen molar-refractivity contribution in [1.82, 2.24) is 15.5 Å². The van der Waals surface area contributed by atoms with Gasteiger partial charge in [0.15, 0.2) is 17.2 Å². The fraction of sp³-hybridized carbons (Fsp3) is 0.286. The minimum Gasteiger partial charge on any atom is -0.493 e. The minimum atomic E-state index is -0.270. The van der Waals surface area contributed by atoms with E-state index in [9.17, 15) is 4.79 Å². The predicted octanol–water partition coefficient (Wildman–Crippen LogP) is 3.18. The zero-order chi connectivity index (χ0) is 19.7. The van der Waals surface area contributed by atoms with Crippen LogP contribution in [-0.2, 0) is 0 Å². The molecular formula is C21H22N4O3. The van der Waals surface area contributed by atoms with Gasteiger partial charge >= 0.3 is 0 Å². The van der Waals surface area contributed by atoms with Gasteiger partial charge in [-0.2, -0.15) is 0 Å². The van der Waals surface area contributed by atoms with E-state index in [1.807, 2.05) is 36.4 Å². The van der Waals surface area contributed by atoms with Crippen molar-refractivity contribution in [3.8, 4) is 22.6 Å². The molecule has 3 N–H and O–H groups in total. The first-order valence-corrected chi connectivity index (χ1v) is 9.20. The van der Waals surface area contributed by atoms with E-state index < -0.39 is 0 Å². The number of rotatable bonds is 5. The van der Waals surface area contributed by atoms with Crippen LogP contribution >= 0.6 is 0 Å². The fourth-order valence-corrected chi connectivity index (χ4v) is 3.36. The number of nitrogens with two attached hydrogens (primary N) is 1. The average Bonchev–Trinajstić information content (AvgIpc) is 2.70. The summed E-state index contributed by atoms with van der Waals surface area (Å²) in [5.74, 6) is 0.995. The van der Waals surface area contributed by atoms with Crippen molar-refractivity contribution in [1.29, 1.82) is 0 Å². The van der Waals surface area contributed by atoms with Gasteiger partial charge in [-0.15, -0.1) is 10.2 Å². The van der Waals surface area contributed by atoms with Crippen LogP contribution in [0.15, 0.2) is 36.4 Å². The molecule has 7 heteroatoms. The number of nitrogens with one attached hydrogen (secondary N) is 1. The van der Waals surface area contributed by atoms with Crippen molar-refractivity contribution < 1.29 is 14.3 Å². The van der Waals surface area contributed by atoms with E-state index >= 15 is 0 Å². The Hall–Kier alpha value is -3.35. The van der Waals surface area contributed by atoms with E-state index in [-0.39, 0.29) is 17.6 Å². The second-order valence-corrected chi connectivity index (χ2v) is 6.84. The molecule has 0 aliphatic heterocycles. The van der Waals surface area contributed by atoms with E-state index in [0.717, 1.165) is 30.4 Å². The fourth-order valence-electron chi connectivity index (χ4n) is 3.36. The molecule has 0 unspecified atom stereocenters. The van der Waals surface area contributed by atoms with Gasteiger partial charge in [0.1, 0.15) is 5.52 Å². The summed E-state index contributed by atoms with van der Waals surface area (Å²) in [5, 5.41) is 12.1. The highest BCUT2D eigenvalue weighted by atomic mass is 16.5. The quantitative estimate of drug-likeness (QED) is 0.707. The highest BCUT2D eigenvalue weighted by Gasteiger charge is 2.23. The van der Waals surface area contributed by atoms with Crippen molar-refractivity contribution in [3.63, 3.8) is 0 Å². The molecule has 28 heavy (non-hydrogen) atoms. The summed E-state index contributed by atoms with van der Waals surface area (Å²) in [4.78, 5) is 12.5. The first-order chi connectivity index (χ1) is 13.6. The van der Waals surface area contributed by atoms with Gasteiger partial charge in [-0.25, -0.2) is 0 Å². The maximum absolute atomic E-state index is 12.5. The molecule has 0 saturated heterocycles. The Labute approximate surface area is 162 Å². The number of hydrogen-bond donors (Lipinski definition) is 2. The lowest BCUT2D eigenvalue weighted by molar-refractivity contribution is 0.0912. The SMILES string of the molecule is COc1ccc(-c2cccc3c(N)c(C(=O)NC4CCC4)nnc23)cc1OC. The number of benzene rings is 2. The Balaban J connectivity index is 1.77. The van der Waals surface area contributed by atoms with Gasteiger partial charge in [0, 0.05) is 17.0 Å². The monoisotopic (exact) mass is 378 g/mol. The van der Waals surface area contributed by atoms with E-state index in [4.69, 9.17) is 15.2 Å². The average molecular weight is 378 g/mol. The van der Waals surface area contributed by atoms with E-state index in [1.165, 1.54) is 0 Å². The maximum Gasteiger partial charge on any atom is 0.274 e. The third-order valence-electron chi connectivity index (χ3n) is 5.18. The number of nitrogens with zero attached hydrogens (tertiary/aromatic N) is 2. The number of amides is 1. The van der Waals surface area contributed by atoms with E-state index in [2.05, 4.69) is 15.5 Å². The molecule has 2 aromatic carbocycles. The normalized spacial score (nSPS) is 13.8. The summed E-state index contributed by atoms with van der Waals surface area (Å²) in [6.45, 7) is 0. The van der Waals surface area contributed by atoms with Gasteiger partial charge < -0.3 is 20.5 Å². The molecule has 0 bridgehead atoms. The van der Waals surface area contributed by atoms with Crippen LogP contribution in [0, 0.1) is 0 Å². The molecule has 0 spiro atoms. The van der Waals surface area contributed by atoms with Crippen LogP contribution in [0.25, 0.3) is 22.0 Å². The van der Waals surface area contributed by atoms with Crippen molar-refractivity contribution in [2.45, 2.75) is 25.3 Å². The van der Waals surface area contributed by atoms with Gasteiger partial charge in [0.05, 0.1) is 19.9 Å². The zero-order valence-corrected chi connectivity index (χ0v) is 15.9. The van der Waals surface area contributed by atoms with Crippen LogP contribution in [0.5, 0.6) is 11.5 Å². The van der Waals surface area contributed by atoms with E-state index in [0.29, 0.717) is 28.1 Å². The van der Waals surface area contributed by atoms with Crippen LogP contribution in [0.2, 0.25) is 0 Å². The number of ether oxygens (including phenoxy) is 2. The minimum absolute atomic E-state index is 0.170. The Morgan fingerprint density at radius 1 is 1.11 bits per heavy atom. The molecule has 0 radical (unpaired) electrons. The molecule has 1 amide bonds. The lowest BCUT2D eigenvalue weighted by Gasteiger charge is -2.26. The number of nitrogen functional groups attached to an aromatic ring is 1. The second-order valence-electron chi connectivity index (χ2n) is 6.84. The third kappa shape index (κ3) is 3.09. The molecular weight excluding hydrogens is 356 g/mol. The largest absolute Gasteiger partial charge is 0.493 e. The predicted molar refractivity (Wildman–Crippen MR) is 108 cm³/mol.